The number of carbonyl (C=O) groups is 1. The largest absolute Gasteiger partial charge is 0.385 e. The van der Waals surface area contributed by atoms with E-state index in [1.54, 1.807) is 13.2 Å². The second-order valence-corrected chi connectivity index (χ2v) is 5.97. The minimum atomic E-state index is -0.506. The molecular formula is C14H17BrFNO2. The van der Waals surface area contributed by atoms with Gasteiger partial charge in [-0.15, -0.1) is 0 Å². The van der Waals surface area contributed by atoms with Gasteiger partial charge in [0.25, 0.3) is 5.91 Å². The number of methoxy groups -OCH3 is 1. The van der Waals surface area contributed by atoms with Crippen molar-refractivity contribution in [2.24, 2.45) is 5.41 Å². The Morgan fingerprint density at radius 2 is 2.26 bits per heavy atom. The van der Waals surface area contributed by atoms with Crippen molar-refractivity contribution >= 4 is 21.8 Å². The van der Waals surface area contributed by atoms with Gasteiger partial charge in [0.1, 0.15) is 5.82 Å². The number of carbonyl (C=O) groups excluding carboxylic acids is 1. The molecule has 0 atom stereocenters. The molecule has 0 spiro atoms. The van der Waals surface area contributed by atoms with Crippen LogP contribution in [0.3, 0.4) is 0 Å². The Labute approximate surface area is 120 Å². The van der Waals surface area contributed by atoms with Crippen molar-refractivity contribution in [2.45, 2.75) is 19.3 Å². The van der Waals surface area contributed by atoms with Gasteiger partial charge < -0.3 is 10.1 Å². The van der Waals surface area contributed by atoms with E-state index in [2.05, 4.69) is 21.2 Å². The summed E-state index contributed by atoms with van der Waals surface area (Å²) in [4.78, 5) is 11.9. The molecule has 1 N–H and O–H groups in total. The fourth-order valence-corrected chi connectivity index (χ4v) is 2.38. The number of benzene rings is 1. The van der Waals surface area contributed by atoms with Crippen molar-refractivity contribution in [3.8, 4) is 0 Å². The number of amides is 1. The van der Waals surface area contributed by atoms with Crippen molar-refractivity contribution < 1.29 is 13.9 Å². The number of nitrogens with one attached hydrogen (secondary N) is 1. The summed E-state index contributed by atoms with van der Waals surface area (Å²) in [5.74, 6) is -0.859. The first-order valence-electron chi connectivity index (χ1n) is 6.28. The maximum absolute atomic E-state index is 13.6. The second kappa shape index (κ2) is 6.01. The number of halogens is 2. The molecule has 1 aliphatic carbocycles. The molecule has 0 bridgehead atoms. The molecule has 0 heterocycles. The number of ether oxygens (including phenoxy) is 1. The second-order valence-electron chi connectivity index (χ2n) is 5.05. The van der Waals surface area contributed by atoms with Gasteiger partial charge in [0.2, 0.25) is 0 Å². The topological polar surface area (TPSA) is 38.3 Å². The van der Waals surface area contributed by atoms with E-state index in [0.29, 0.717) is 17.6 Å². The van der Waals surface area contributed by atoms with E-state index in [1.165, 1.54) is 12.1 Å². The lowest BCUT2D eigenvalue weighted by Crippen LogP contribution is -2.31. The van der Waals surface area contributed by atoms with Gasteiger partial charge in [-0.3, -0.25) is 4.79 Å². The van der Waals surface area contributed by atoms with Gasteiger partial charge in [-0.1, -0.05) is 15.9 Å². The lowest BCUT2D eigenvalue weighted by molar-refractivity contribution is 0.0934. The van der Waals surface area contributed by atoms with E-state index in [0.717, 1.165) is 19.3 Å². The highest BCUT2D eigenvalue weighted by Gasteiger charge is 2.42. The fourth-order valence-electron chi connectivity index (χ4n) is 2.05. The predicted octanol–water partition coefficient (Wildman–Crippen LogP) is 3.13. The average Bonchev–Trinajstić information content (AvgIpc) is 3.14. The SMILES string of the molecule is COCCC1(CNC(=O)c2ccc(Br)cc2F)CC1. The maximum atomic E-state index is 13.6. The molecule has 0 aliphatic heterocycles. The molecule has 19 heavy (non-hydrogen) atoms. The number of hydrogen-bond acceptors (Lipinski definition) is 2. The van der Waals surface area contributed by atoms with Gasteiger partial charge in [0.15, 0.2) is 0 Å². The Bertz CT molecular complexity index is 475. The van der Waals surface area contributed by atoms with E-state index in [-0.39, 0.29) is 16.9 Å². The first-order valence-corrected chi connectivity index (χ1v) is 7.08. The molecule has 1 saturated carbocycles. The molecule has 0 radical (unpaired) electrons. The zero-order valence-corrected chi connectivity index (χ0v) is 12.4. The van der Waals surface area contributed by atoms with Gasteiger partial charge in [-0.05, 0) is 42.9 Å². The van der Waals surface area contributed by atoms with Crippen LogP contribution in [0, 0.1) is 11.2 Å². The van der Waals surface area contributed by atoms with Gasteiger partial charge in [0, 0.05) is 24.7 Å². The van der Waals surface area contributed by atoms with Crippen LogP contribution in [-0.4, -0.2) is 26.2 Å². The molecule has 104 valence electrons. The molecule has 1 aliphatic rings. The van der Waals surface area contributed by atoms with Gasteiger partial charge in [-0.25, -0.2) is 4.39 Å². The van der Waals surface area contributed by atoms with Crippen LogP contribution in [0.15, 0.2) is 22.7 Å². The summed E-state index contributed by atoms with van der Waals surface area (Å²) in [6.07, 6.45) is 3.13. The third kappa shape index (κ3) is 3.76. The first-order chi connectivity index (χ1) is 9.06. The van der Waals surface area contributed by atoms with E-state index < -0.39 is 5.82 Å². The van der Waals surface area contributed by atoms with Crippen LogP contribution in [0.5, 0.6) is 0 Å². The molecule has 0 aromatic heterocycles. The molecule has 1 amide bonds. The highest BCUT2D eigenvalue weighted by Crippen LogP contribution is 2.48. The van der Waals surface area contributed by atoms with Gasteiger partial charge in [0.05, 0.1) is 5.56 Å². The monoisotopic (exact) mass is 329 g/mol. The summed E-state index contributed by atoms with van der Waals surface area (Å²) in [6, 6.07) is 4.45. The molecule has 0 unspecified atom stereocenters. The number of hydrogen-bond donors (Lipinski definition) is 1. The fraction of sp³-hybridized carbons (Fsp3) is 0.500. The summed E-state index contributed by atoms with van der Waals surface area (Å²) in [5.41, 5.74) is 0.253. The van der Waals surface area contributed by atoms with Crippen molar-refractivity contribution in [3.63, 3.8) is 0 Å². The Kier molecular flexibility index (Phi) is 4.58. The molecule has 1 fully saturated rings. The van der Waals surface area contributed by atoms with E-state index in [4.69, 9.17) is 4.74 Å². The Hall–Kier alpha value is -0.940. The van der Waals surface area contributed by atoms with E-state index in [1.807, 2.05) is 0 Å². The third-order valence-corrected chi connectivity index (χ3v) is 4.09. The van der Waals surface area contributed by atoms with Crippen LogP contribution in [0.4, 0.5) is 4.39 Å². The molecular weight excluding hydrogens is 313 g/mol. The Balaban J connectivity index is 1.91. The normalized spacial score (nSPS) is 16.2. The molecule has 3 nitrogen and oxygen atoms in total. The van der Waals surface area contributed by atoms with Crippen LogP contribution in [0.25, 0.3) is 0 Å². The summed E-state index contributed by atoms with van der Waals surface area (Å²) in [7, 11) is 1.67. The summed E-state index contributed by atoms with van der Waals surface area (Å²) in [6.45, 7) is 1.28. The summed E-state index contributed by atoms with van der Waals surface area (Å²) < 4.78 is 19.3. The van der Waals surface area contributed by atoms with Crippen LogP contribution >= 0.6 is 15.9 Å². The summed E-state index contributed by atoms with van der Waals surface area (Å²) in [5, 5.41) is 2.82. The highest BCUT2D eigenvalue weighted by atomic mass is 79.9. The van der Waals surface area contributed by atoms with Gasteiger partial charge in [-0.2, -0.15) is 0 Å². The van der Waals surface area contributed by atoms with Crippen LogP contribution < -0.4 is 5.32 Å². The highest BCUT2D eigenvalue weighted by molar-refractivity contribution is 9.10. The minimum Gasteiger partial charge on any atom is -0.385 e. The molecule has 1 aromatic carbocycles. The third-order valence-electron chi connectivity index (χ3n) is 3.59. The van der Waals surface area contributed by atoms with Gasteiger partial charge >= 0.3 is 0 Å². The maximum Gasteiger partial charge on any atom is 0.254 e. The minimum absolute atomic E-state index is 0.0886. The molecule has 1 aromatic rings. The van der Waals surface area contributed by atoms with E-state index >= 15 is 0 Å². The first kappa shape index (κ1) is 14.5. The smallest absolute Gasteiger partial charge is 0.254 e. The van der Waals surface area contributed by atoms with Crippen LogP contribution in [0.2, 0.25) is 0 Å². The van der Waals surface area contributed by atoms with Crippen molar-refractivity contribution in [1.29, 1.82) is 0 Å². The summed E-state index contributed by atoms with van der Waals surface area (Å²) >= 11 is 3.17. The van der Waals surface area contributed by atoms with E-state index in [9.17, 15) is 9.18 Å². The zero-order chi connectivity index (χ0) is 13.9. The average molecular weight is 330 g/mol. The van der Waals surface area contributed by atoms with Crippen molar-refractivity contribution in [2.75, 3.05) is 20.3 Å². The lowest BCUT2D eigenvalue weighted by atomic mass is 10.0. The Morgan fingerprint density at radius 3 is 2.84 bits per heavy atom. The molecule has 5 heteroatoms. The molecule has 0 saturated heterocycles. The standard InChI is InChI=1S/C14H17BrFNO2/c1-19-7-6-14(4-5-14)9-17-13(18)11-3-2-10(15)8-12(11)16/h2-3,8H,4-7,9H2,1H3,(H,17,18). The zero-order valence-electron chi connectivity index (χ0n) is 10.8. The van der Waals surface area contributed by atoms with Crippen molar-refractivity contribution in [1.82, 2.24) is 5.32 Å². The van der Waals surface area contributed by atoms with Crippen LogP contribution in [0.1, 0.15) is 29.6 Å². The number of rotatable bonds is 6. The quantitative estimate of drug-likeness (QED) is 0.870. The van der Waals surface area contributed by atoms with Crippen molar-refractivity contribution in [3.05, 3.63) is 34.1 Å². The predicted molar refractivity (Wildman–Crippen MR) is 74.6 cm³/mol. The Morgan fingerprint density at radius 1 is 1.53 bits per heavy atom. The van der Waals surface area contributed by atoms with Crippen LogP contribution in [-0.2, 0) is 4.74 Å². The lowest BCUT2D eigenvalue weighted by Gasteiger charge is -2.15. The molecule has 2 rings (SSSR count).